The maximum atomic E-state index is 12.2. The molecule has 0 aromatic heterocycles. The van der Waals surface area contributed by atoms with E-state index in [1.54, 1.807) is 36.4 Å². The highest BCUT2D eigenvalue weighted by Crippen LogP contribution is 2.14. The molecule has 2 N–H and O–H groups in total. The van der Waals surface area contributed by atoms with Crippen LogP contribution in [0.2, 0.25) is 5.02 Å². The Morgan fingerprint density at radius 1 is 0.815 bits per heavy atom. The number of carbonyl (C=O) groups is 2. The van der Waals surface area contributed by atoms with Gasteiger partial charge in [0, 0.05) is 22.8 Å². The van der Waals surface area contributed by atoms with Crippen LogP contribution < -0.4 is 10.6 Å². The van der Waals surface area contributed by atoms with Crippen molar-refractivity contribution in [3.05, 3.63) is 101 Å². The summed E-state index contributed by atoms with van der Waals surface area (Å²) in [5, 5.41) is 6.23. The molecule has 0 fully saturated rings. The van der Waals surface area contributed by atoms with Crippen molar-refractivity contribution in [2.24, 2.45) is 0 Å². The lowest BCUT2D eigenvalue weighted by Gasteiger charge is -2.08. The monoisotopic (exact) mass is 378 g/mol. The second-order valence-electron chi connectivity index (χ2n) is 6.10. The Morgan fingerprint density at radius 3 is 2.26 bits per heavy atom. The van der Waals surface area contributed by atoms with Crippen LogP contribution in [-0.2, 0) is 17.8 Å². The third kappa shape index (κ3) is 5.69. The van der Waals surface area contributed by atoms with E-state index in [1.807, 2.05) is 42.5 Å². The summed E-state index contributed by atoms with van der Waals surface area (Å²) in [6.45, 7) is 0.507. The molecule has 0 aliphatic rings. The fourth-order valence-electron chi connectivity index (χ4n) is 2.58. The molecule has 0 atom stereocenters. The molecule has 0 aliphatic heterocycles. The summed E-state index contributed by atoms with van der Waals surface area (Å²) < 4.78 is 0. The van der Waals surface area contributed by atoms with E-state index >= 15 is 0 Å². The van der Waals surface area contributed by atoms with Gasteiger partial charge in [-0.15, -0.1) is 0 Å². The van der Waals surface area contributed by atoms with Crippen molar-refractivity contribution < 1.29 is 9.59 Å². The third-order valence-corrected chi connectivity index (χ3v) is 4.23. The maximum Gasteiger partial charge on any atom is 0.255 e. The number of amides is 2. The van der Waals surface area contributed by atoms with Gasteiger partial charge in [0.1, 0.15) is 0 Å². The largest absolute Gasteiger partial charge is 0.352 e. The van der Waals surface area contributed by atoms with Gasteiger partial charge in [-0.05, 0) is 41.5 Å². The Kier molecular flexibility index (Phi) is 6.23. The molecule has 0 aliphatic carbocycles. The number of halogens is 1. The van der Waals surface area contributed by atoms with Gasteiger partial charge in [-0.3, -0.25) is 9.59 Å². The van der Waals surface area contributed by atoms with Gasteiger partial charge in [0.2, 0.25) is 5.91 Å². The van der Waals surface area contributed by atoms with E-state index in [4.69, 9.17) is 11.6 Å². The fraction of sp³-hybridized carbons (Fsp3) is 0.0909. The SMILES string of the molecule is O=C(Cc1ccc(NC(=O)c2cccc(Cl)c2)cc1)NCc1ccccc1. The van der Waals surface area contributed by atoms with Crippen molar-refractivity contribution in [3.63, 3.8) is 0 Å². The smallest absolute Gasteiger partial charge is 0.255 e. The molecule has 0 bridgehead atoms. The molecule has 3 aromatic carbocycles. The van der Waals surface area contributed by atoms with Gasteiger partial charge >= 0.3 is 0 Å². The standard InChI is InChI=1S/C22H19ClN2O2/c23-19-8-4-7-18(14-19)22(27)25-20-11-9-16(10-12-20)13-21(26)24-15-17-5-2-1-3-6-17/h1-12,14H,13,15H2,(H,24,26)(H,25,27). The fourth-order valence-corrected chi connectivity index (χ4v) is 2.77. The zero-order chi connectivity index (χ0) is 19.1. The van der Waals surface area contributed by atoms with Crippen molar-refractivity contribution in [2.45, 2.75) is 13.0 Å². The Morgan fingerprint density at radius 2 is 1.56 bits per heavy atom. The molecule has 3 aromatic rings. The molecule has 5 heteroatoms. The Labute approximate surface area is 163 Å². The lowest BCUT2D eigenvalue weighted by Crippen LogP contribution is -2.24. The predicted molar refractivity (Wildman–Crippen MR) is 108 cm³/mol. The minimum atomic E-state index is -0.231. The number of benzene rings is 3. The zero-order valence-electron chi connectivity index (χ0n) is 14.6. The molecular formula is C22H19ClN2O2. The Balaban J connectivity index is 1.52. The summed E-state index contributed by atoms with van der Waals surface area (Å²) in [5.41, 5.74) is 3.09. The first-order valence-corrected chi connectivity index (χ1v) is 8.94. The van der Waals surface area contributed by atoms with Crippen molar-refractivity contribution in [2.75, 3.05) is 5.32 Å². The van der Waals surface area contributed by atoms with Crippen LogP contribution in [0.25, 0.3) is 0 Å². The van der Waals surface area contributed by atoms with Gasteiger partial charge in [-0.25, -0.2) is 0 Å². The van der Waals surface area contributed by atoms with Gasteiger partial charge in [0.15, 0.2) is 0 Å². The minimum Gasteiger partial charge on any atom is -0.352 e. The summed E-state index contributed by atoms with van der Waals surface area (Å²) >= 11 is 5.91. The summed E-state index contributed by atoms with van der Waals surface area (Å²) in [4.78, 5) is 24.3. The van der Waals surface area contributed by atoms with Crippen LogP contribution >= 0.6 is 11.6 Å². The molecule has 4 nitrogen and oxygen atoms in total. The number of hydrogen-bond donors (Lipinski definition) is 2. The highest BCUT2D eigenvalue weighted by molar-refractivity contribution is 6.31. The van der Waals surface area contributed by atoms with E-state index < -0.39 is 0 Å². The number of carbonyl (C=O) groups excluding carboxylic acids is 2. The van der Waals surface area contributed by atoms with Gasteiger partial charge in [0.05, 0.1) is 6.42 Å². The molecule has 0 saturated heterocycles. The van der Waals surface area contributed by atoms with Crippen molar-refractivity contribution in [1.82, 2.24) is 5.32 Å². The molecule has 2 amide bonds. The first-order valence-electron chi connectivity index (χ1n) is 8.56. The second kappa shape index (κ2) is 9.01. The quantitative estimate of drug-likeness (QED) is 0.665. The van der Waals surface area contributed by atoms with Crippen LogP contribution in [0.4, 0.5) is 5.69 Å². The van der Waals surface area contributed by atoms with E-state index in [9.17, 15) is 9.59 Å². The maximum absolute atomic E-state index is 12.2. The van der Waals surface area contributed by atoms with Crippen molar-refractivity contribution >= 4 is 29.1 Å². The summed E-state index contributed by atoms with van der Waals surface area (Å²) in [6, 6.07) is 23.7. The van der Waals surface area contributed by atoms with Crippen LogP contribution in [0.15, 0.2) is 78.9 Å². The van der Waals surface area contributed by atoms with Gasteiger partial charge < -0.3 is 10.6 Å². The molecule has 3 rings (SSSR count). The van der Waals surface area contributed by atoms with E-state index in [2.05, 4.69) is 10.6 Å². The summed E-state index contributed by atoms with van der Waals surface area (Å²) in [5.74, 6) is -0.277. The normalized spacial score (nSPS) is 10.3. The highest BCUT2D eigenvalue weighted by Gasteiger charge is 2.07. The first-order chi connectivity index (χ1) is 13.1. The van der Waals surface area contributed by atoms with Gasteiger partial charge in [-0.1, -0.05) is 60.1 Å². The molecule has 0 saturated carbocycles. The first kappa shape index (κ1) is 18.7. The van der Waals surface area contributed by atoms with E-state index in [-0.39, 0.29) is 18.2 Å². The molecule has 0 spiro atoms. The summed E-state index contributed by atoms with van der Waals surface area (Å²) in [7, 11) is 0. The highest BCUT2D eigenvalue weighted by atomic mass is 35.5. The molecule has 0 unspecified atom stereocenters. The minimum absolute atomic E-state index is 0.0467. The van der Waals surface area contributed by atoms with Crippen molar-refractivity contribution in [3.8, 4) is 0 Å². The second-order valence-corrected chi connectivity index (χ2v) is 6.54. The average molecular weight is 379 g/mol. The van der Waals surface area contributed by atoms with E-state index in [1.165, 1.54) is 0 Å². The van der Waals surface area contributed by atoms with Crippen molar-refractivity contribution in [1.29, 1.82) is 0 Å². The number of anilines is 1. The molecule has 0 radical (unpaired) electrons. The molecule has 0 heterocycles. The lowest BCUT2D eigenvalue weighted by atomic mass is 10.1. The zero-order valence-corrected chi connectivity index (χ0v) is 15.4. The number of nitrogens with one attached hydrogen (secondary N) is 2. The lowest BCUT2D eigenvalue weighted by molar-refractivity contribution is -0.120. The predicted octanol–water partition coefficient (Wildman–Crippen LogP) is 4.45. The average Bonchev–Trinajstić information content (AvgIpc) is 2.69. The van der Waals surface area contributed by atoms with Crippen LogP contribution in [0.5, 0.6) is 0 Å². The van der Waals surface area contributed by atoms with E-state index in [0.29, 0.717) is 22.8 Å². The molecular weight excluding hydrogens is 360 g/mol. The Hall–Kier alpha value is -3.11. The molecule has 136 valence electrons. The number of hydrogen-bond acceptors (Lipinski definition) is 2. The van der Waals surface area contributed by atoms with Crippen LogP contribution in [0.1, 0.15) is 21.5 Å². The molecule has 27 heavy (non-hydrogen) atoms. The van der Waals surface area contributed by atoms with Crippen LogP contribution in [0.3, 0.4) is 0 Å². The summed E-state index contributed by atoms with van der Waals surface area (Å²) in [6.07, 6.45) is 0.287. The van der Waals surface area contributed by atoms with Gasteiger partial charge in [-0.2, -0.15) is 0 Å². The van der Waals surface area contributed by atoms with Crippen LogP contribution in [-0.4, -0.2) is 11.8 Å². The topological polar surface area (TPSA) is 58.2 Å². The van der Waals surface area contributed by atoms with Gasteiger partial charge in [0.25, 0.3) is 5.91 Å². The van der Waals surface area contributed by atoms with E-state index in [0.717, 1.165) is 11.1 Å². The third-order valence-electron chi connectivity index (χ3n) is 4.00. The van der Waals surface area contributed by atoms with Crippen LogP contribution in [0, 0.1) is 0 Å². The Bertz CT molecular complexity index is 925. The number of rotatable bonds is 6.